The second-order valence-electron chi connectivity index (χ2n) is 6.06. The Bertz CT molecular complexity index is 677. The zero-order valence-corrected chi connectivity index (χ0v) is 14.1. The number of amides is 1. The van der Waals surface area contributed by atoms with E-state index in [4.69, 9.17) is 0 Å². The van der Waals surface area contributed by atoms with Gasteiger partial charge in [0.05, 0.1) is 0 Å². The third-order valence-corrected chi connectivity index (χ3v) is 4.38. The number of carbonyl (C=O) groups is 1. The normalized spacial score (nSPS) is 15.4. The summed E-state index contributed by atoms with van der Waals surface area (Å²) in [7, 11) is 0. The van der Waals surface area contributed by atoms with Crippen LogP contribution < -0.4 is 5.32 Å². The van der Waals surface area contributed by atoms with Crippen LogP contribution in [0.2, 0.25) is 0 Å². The number of nitrogens with zero attached hydrogens (tertiary/aromatic N) is 5. The summed E-state index contributed by atoms with van der Waals surface area (Å²) in [5.74, 6) is 0.629. The van der Waals surface area contributed by atoms with Crippen molar-refractivity contribution in [3.8, 4) is 11.4 Å². The molecule has 0 atom stereocenters. The highest BCUT2D eigenvalue weighted by atomic mass is 16.1. The van der Waals surface area contributed by atoms with E-state index in [0.717, 1.165) is 25.2 Å². The van der Waals surface area contributed by atoms with Gasteiger partial charge in [-0.3, -0.25) is 4.79 Å². The number of benzene rings is 1. The minimum atomic E-state index is -0.0515. The Morgan fingerprint density at radius 1 is 1.25 bits per heavy atom. The zero-order chi connectivity index (χ0) is 16.8. The van der Waals surface area contributed by atoms with E-state index in [-0.39, 0.29) is 5.91 Å². The van der Waals surface area contributed by atoms with E-state index in [2.05, 4.69) is 25.7 Å². The Morgan fingerprint density at radius 3 is 2.88 bits per heavy atom. The molecule has 0 aliphatic carbocycles. The van der Waals surface area contributed by atoms with Crippen molar-refractivity contribution in [1.82, 2.24) is 30.4 Å². The fraction of sp³-hybridized carbons (Fsp3) is 0.529. The Balaban J connectivity index is 1.60. The van der Waals surface area contributed by atoms with Gasteiger partial charge < -0.3 is 10.2 Å². The molecule has 7 heteroatoms. The monoisotopic (exact) mass is 328 g/mol. The van der Waals surface area contributed by atoms with Gasteiger partial charge in [-0.25, -0.2) is 4.68 Å². The van der Waals surface area contributed by atoms with Crippen molar-refractivity contribution in [2.45, 2.75) is 32.7 Å². The fourth-order valence-electron chi connectivity index (χ4n) is 3.04. The van der Waals surface area contributed by atoms with Gasteiger partial charge in [0.15, 0.2) is 5.82 Å². The molecule has 0 unspecified atom stereocenters. The minimum absolute atomic E-state index is 0.0515. The molecular weight excluding hydrogens is 304 g/mol. The van der Waals surface area contributed by atoms with Crippen LogP contribution in [0.25, 0.3) is 11.4 Å². The van der Waals surface area contributed by atoms with E-state index in [9.17, 15) is 4.79 Å². The van der Waals surface area contributed by atoms with Crippen LogP contribution in [0.3, 0.4) is 0 Å². The van der Waals surface area contributed by atoms with Crippen LogP contribution >= 0.6 is 0 Å². The van der Waals surface area contributed by atoms with Crippen molar-refractivity contribution in [3.05, 3.63) is 29.8 Å². The first-order valence-electron chi connectivity index (χ1n) is 8.65. The predicted octanol–water partition coefficient (Wildman–Crippen LogP) is 1.58. The molecule has 0 saturated carbocycles. The minimum Gasteiger partial charge on any atom is -0.351 e. The molecule has 1 aromatic heterocycles. The molecule has 7 nitrogen and oxygen atoms in total. The van der Waals surface area contributed by atoms with Gasteiger partial charge in [0.1, 0.15) is 0 Å². The Kier molecular flexibility index (Phi) is 5.53. The molecule has 24 heavy (non-hydrogen) atoms. The Hall–Kier alpha value is -2.28. The zero-order valence-electron chi connectivity index (χ0n) is 14.1. The highest BCUT2D eigenvalue weighted by Crippen LogP contribution is 2.17. The molecule has 128 valence electrons. The van der Waals surface area contributed by atoms with Crippen molar-refractivity contribution in [1.29, 1.82) is 0 Å². The summed E-state index contributed by atoms with van der Waals surface area (Å²) in [6.07, 6.45) is 3.86. The number of rotatable bonds is 6. The van der Waals surface area contributed by atoms with Gasteiger partial charge in [0, 0.05) is 30.8 Å². The van der Waals surface area contributed by atoms with Gasteiger partial charge in [-0.05, 0) is 55.4 Å². The van der Waals surface area contributed by atoms with Crippen molar-refractivity contribution in [3.63, 3.8) is 0 Å². The van der Waals surface area contributed by atoms with Crippen LogP contribution in [-0.4, -0.2) is 57.2 Å². The van der Waals surface area contributed by atoms with Gasteiger partial charge in [-0.15, -0.1) is 5.10 Å². The van der Waals surface area contributed by atoms with Gasteiger partial charge >= 0.3 is 0 Å². The maximum absolute atomic E-state index is 12.4. The summed E-state index contributed by atoms with van der Waals surface area (Å²) in [5.41, 5.74) is 1.49. The lowest BCUT2D eigenvalue weighted by Crippen LogP contribution is -2.37. The highest BCUT2D eigenvalue weighted by Gasteiger charge is 2.13. The molecule has 2 aromatic rings. The molecule has 1 aliphatic rings. The molecule has 1 aliphatic heterocycles. The second-order valence-corrected chi connectivity index (χ2v) is 6.06. The molecule has 0 radical (unpaired) electrons. The van der Waals surface area contributed by atoms with Crippen LogP contribution in [0, 0.1) is 0 Å². The first kappa shape index (κ1) is 16.6. The molecular formula is C17H24N6O. The lowest BCUT2D eigenvalue weighted by Gasteiger charge is -2.26. The lowest BCUT2D eigenvalue weighted by atomic mass is 10.1. The number of nitrogens with one attached hydrogen (secondary N) is 1. The molecule has 3 rings (SSSR count). The summed E-state index contributed by atoms with van der Waals surface area (Å²) >= 11 is 0. The molecule has 1 saturated heterocycles. The van der Waals surface area contributed by atoms with Crippen LogP contribution in [-0.2, 0) is 6.54 Å². The van der Waals surface area contributed by atoms with Gasteiger partial charge in [0.2, 0.25) is 0 Å². The number of aromatic nitrogens is 4. The van der Waals surface area contributed by atoms with Crippen molar-refractivity contribution < 1.29 is 4.79 Å². The maximum atomic E-state index is 12.4. The Morgan fingerprint density at radius 2 is 2.08 bits per heavy atom. The smallest absolute Gasteiger partial charge is 0.251 e. The van der Waals surface area contributed by atoms with Crippen LogP contribution in [0.5, 0.6) is 0 Å². The Labute approximate surface area is 142 Å². The van der Waals surface area contributed by atoms with E-state index in [1.165, 1.54) is 19.3 Å². The molecule has 1 aromatic carbocycles. The molecule has 2 heterocycles. The number of likely N-dealkylation sites (tertiary alicyclic amines) is 1. The van der Waals surface area contributed by atoms with Crippen molar-refractivity contribution >= 4 is 5.91 Å². The quantitative estimate of drug-likeness (QED) is 0.871. The van der Waals surface area contributed by atoms with E-state index in [1.54, 1.807) is 4.68 Å². The third kappa shape index (κ3) is 3.97. The van der Waals surface area contributed by atoms with E-state index in [1.807, 2.05) is 31.2 Å². The molecule has 1 amide bonds. The van der Waals surface area contributed by atoms with Crippen LogP contribution in [0.1, 0.15) is 36.5 Å². The summed E-state index contributed by atoms with van der Waals surface area (Å²) in [5, 5.41) is 14.7. The van der Waals surface area contributed by atoms with Gasteiger partial charge in [0.25, 0.3) is 5.91 Å². The molecule has 1 fully saturated rings. The summed E-state index contributed by atoms with van der Waals surface area (Å²) < 4.78 is 1.72. The molecule has 1 N–H and O–H groups in total. The maximum Gasteiger partial charge on any atom is 0.251 e. The number of aryl methyl sites for hydroxylation is 1. The standard InChI is InChI=1S/C17H24N6O/c1-2-23-16(19-20-21-23)14-7-6-8-15(13-14)17(24)18-9-12-22-10-4-3-5-11-22/h6-8,13H,2-5,9-12H2,1H3,(H,18,24). The highest BCUT2D eigenvalue weighted by molar-refractivity contribution is 5.95. The number of hydrogen-bond acceptors (Lipinski definition) is 5. The molecule has 0 bridgehead atoms. The average Bonchev–Trinajstić information content (AvgIpc) is 3.11. The number of carbonyl (C=O) groups excluding carboxylic acids is 1. The summed E-state index contributed by atoms with van der Waals surface area (Å²) in [6, 6.07) is 7.44. The number of hydrogen-bond donors (Lipinski definition) is 1. The van der Waals surface area contributed by atoms with Gasteiger partial charge in [-0.2, -0.15) is 0 Å². The second kappa shape index (κ2) is 8.01. The topological polar surface area (TPSA) is 75.9 Å². The van der Waals surface area contributed by atoms with E-state index >= 15 is 0 Å². The third-order valence-electron chi connectivity index (χ3n) is 4.38. The fourth-order valence-corrected chi connectivity index (χ4v) is 3.04. The van der Waals surface area contributed by atoms with Crippen LogP contribution in [0.15, 0.2) is 24.3 Å². The van der Waals surface area contributed by atoms with E-state index < -0.39 is 0 Å². The first-order chi connectivity index (χ1) is 11.8. The van der Waals surface area contributed by atoms with Crippen LogP contribution in [0.4, 0.5) is 0 Å². The largest absolute Gasteiger partial charge is 0.351 e. The lowest BCUT2D eigenvalue weighted by molar-refractivity contribution is 0.0946. The summed E-state index contributed by atoms with van der Waals surface area (Å²) in [4.78, 5) is 14.8. The number of tetrazole rings is 1. The summed E-state index contributed by atoms with van der Waals surface area (Å²) in [6.45, 7) is 6.55. The average molecular weight is 328 g/mol. The van der Waals surface area contributed by atoms with Crippen molar-refractivity contribution in [2.75, 3.05) is 26.2 Å². The van der Waals surface area contributed by atoms with Gasteiger partial charge in [-0.1, -0.05) is 18.6 Å². The predicted molar refractivity (Wildman–Crippen MR) is 91.6 cm³/mol. The molecule has 0 spiro atoms. The van der Waals surface area contributed by atoms with E-state index in [0.29, 0.717) is 24.5 Å². The van der Waals surface area contributed by atoms with Crippen molar-refractivity contribution in [2.24, 2.45) is 0 Å². The number of piperidine rings is 1. The first-order valence-corrected chi connectivity index (χ1v) is 8.65. The SMILES string of the molecule is CCn1nnnc1-c1cccc(C(=O)NCCN2CCCCC2)c1.